The summed E-state index contributed by atoms with van der Waals surface area (Å²) >= 11 is 0.913. The smallest absolute Gasteiger partial charge is 0.267 e. The van der Waals surface area contributed by atoms with Crippen LogP contribution in [0, 0.1) is 48.1 Å². The van der Waals surface area contributed by atoms with Gasteiger partial charge in [0.05, 0.1) is 10.2 Å². The number of thiazole rings is 1. The van der Waals surface area contributed by atoms with Crippen molar-refractivity contribution in [3.63, 3.8) is 0 Å². The first kappa shape index (κ1) is 19.2. The maximum atomic E-state index is 14.3. The summed E-state index contributed by atoms with van der Waals surface area (Å²) in [5, 5.41) is 18.5. The third kappa shape index (κ3) is 3.48. The highest BCUT2D eigenvalue weighted by atomic mass is 32.1. The van der Waals surface area contributed by atoms with Gasteiger partial charge in [0.1, 0.15) is 28.4 Å². The molecule has 0 spiro atoms. The van der Waals surface area contributed by atoms with Gasteiger partial charge in [0.15, 0.2) is 5.57 Å². The Hall–Kier alpha value is -3.55. The lowest BCUT2D eigenvalue weighted by Gasteiger charge is -2.04. The summed E-state index contributed by atoms with van der Waals surface area (Å²) in [4.78, 5) is 13.0. The van der Waals surface area contributed by atoms with Gasteiger partial charge >= 0.3 is 0 Å². The third-order valence-corrected chi connectivity index (χ3v) is 5.23. The molecule has 138 valence electrons. The van der Waals surface area contributed by atoms with E-state index in [2.05, 4.69) is 0 Å². The normalized spacial score (nSPS) is 11.1. The van der Waals surface area contributed by atoms with Crippen LogP contribution in [-0.2, 0) is 0 Å². The van der Waals surface area contributed by atoms with Crippen LogP contribution >= 0.6 is 11.3 Å². The second kappa shape index (κ2) is 7.59. The molecule has 0 bridgehead atoms. The van der Waals surface area contributed by atoms with Crippen LogP contribution in [0.15, 0.2) is 41.2 Å². The summed E-state index contributed by atoms with van der Waals surface area (Å²) in [5.74, 6) is -1.76. The standard InChI is InChI=1S/C21H13F2N3OS/c1-12-3-4-13(2)14(7-12)8-19-20(27)26(21(28-19)15(10-24)11-25)18-6-5-16(22)9-17(18)23/h3-9H,1-2H3/b19-8-. The highest BCUT2D eigenvalue weighted by molar-refractivity contribution is 7.07. The summed E-state index contributed by atoms with van der Waals surface area (Å²) in [6.07, 6.45) is 1.64. The minimum atomic E-state index is -0.963. The molecule has 7 heteroatoms. The van der Waals surface area contributed by atoms with Crippen molar-refractivity contribution in [1.82, 2.24) is 4.57 Å². The molecule has 4 nitrogen and oxygen atoms in total. The van der Waals surface area contributed by atoms with Crippen LogP contribution in [0.5, 0.6) is 0 Å². The van der Waals surface area contributed by atoms with Crippen molar-refractivity contribution in [1.29, 1.82) is 10.5 Å². The van der Waals surface area contributed by atoms with Crippen molar-refractivity contribution in [3.05, 3.63) is 84.3 Å². The largest absolute Gasteiger partial charge is 0.273 e. The SMILES string of the molecule is Cc1ccc(C)c(/C=c2\sc(=C(C#N)C#N)n(-c3ccc(F)cc3F)c2=O)c1. The molecule has 0 aliphatic rings. The maximum absolute atomic E-state index is 14.3. The first-order chi connectivity index (χ1) is 13.3. The van der Waals surface area contributed by atoms with Crippen molar-refractivity contribution in [2.75, 3.05) is 0 Å². The number of halogens is 2. The number of hydrogen-bond donors (Lipinski definition) is 0. The Morgan fingerprint density at radius 1 is 1.11 bits per heavy atom. The van der Waals surface area contributed by atoms with E-state index < -0.39 is 17.2 Å². The number of nitriles is 2. The Balaban J connectivity index is 2.45. The fourth-order valence-electron chi connectivity index (χ4n) is 2.71. The predicted octanol–water partition coefficient (Wildman–Crippen LogP) is 2.82. The van der Waals surface area contributed by atoms with Crippen LogP contribution in [0.2, 0.25) is 0 Å². The van der Waals surface area contributed by atoms with E-state index >= 15 is 0 Å². The molecule has 0 fully saturated rings. The number of hydrogen-bond acceptors (Lipinski definition) is 4. The topological polar surface area (TPSA) is 69.6 Å². The number of nitrogens with zero attached hydrogens (tertiary/aromatic N) is 3. The van der Waals surface area contributed by atoms with Gasteiger partial charge in [-0.15, -0.1) is 11.3 Å². The third-order valence-electron chi connectivity index (χ3n) is 4.13. The Morgan fingerprint density at radius 3 is 2.46 bits per heavy atom. The van der Waals surface area contributed by atoms with Gasteiger partial charge in [0, 0.05) is 6.07 Å². The molecule has 0 radical (unpaired) electrons. The zero-order chi connectivity index (χ0) is 20.4. The molecule has 0 amide bonds. The molecule has 0 unspecified atom stereocenters. The van der Waals surface area contributed by atoms with Gasteiger partial charge in [0.25, 0.3) is 5.56 Å². The lowest BCUT2D eigenvalue weighted by atomic mass is 10.1. The number of aryl methyl sites for hydroxylation is 2. The van der Waals surface area contributed by atoms with Gasteiger partial charge in [-0.3, -0.25) is 9.36 Å². The molecular weight excluding hydrogens is 380 g/mol. The fraction of sp³-hybridized carbons (Fsp3) is 0.0952. The highest BCUT2D eigenvalue weighted by Gasteiger charge is 2.15. The number of rotatable bonds is 2. The molecule has 0 aliphatic carbocycles. The van der Waals surface area contributed by atoms with Gasteiger partial charge in [-0.05, 0) is 43.2 Å². The number of benzene rings is 2. The first-order valence-electron chi connectivity index (χ1n) is 8.16. The van der Waals surface area contributed by atoms with Gasteiger partial charge in [-0.2, -0.15) is 10.5 Å². The highest BCUT2D eigenvalue weighted by Crippen LogP contribution is 2.13. The van der Waals surface area contributed by atoms with E-state index in [1.54, 1.807) is 18.2 Å². The lowest BCUT2D eigenvalue weighted by molar-refractivity contribution is 0.576. The summed E-state index contributed by atoms with van der Waals surface area (Å²) in [5.41, 5.74) is 1.60. The van der Waals surface area contributed by atoms with E-state index in [0.717, 1.165) is 44.7 Å². The van der Waals surface area contributed by atoms with Gasteiger partial charge in [-0.1, -0.05) is 23.8 Å². The maximum Gasteiger partial charge on any atom is 0.273 e. The molecule has 3 aromatic rings. The Bertz CT molecular complexity index is 1340. The van der Waals surface area contributed by atoms with Crippen molar-refractivity contribution < 1.29 is 8.78 Å². The second-order valence-corrected chi connectivity index (χ2v) is 7.14. The van der Waals surface area contributed by atoms with Gasteiger partial charge in [-0.25, -0.2) is 8.78 Å². The fourth-order valence-corrected chi connectivity index (χ4v) is 3.75. The van der Waals surface area contributed by atoms with E-state index in [1.165, 1.54) is 0 Å². The van der Waals surface area contributed by atoms with E-state index in [0.29, 0.717) is 6.07 Å². The van der Waals surface area contributed by atoms with Crippen molar-refractivity contribution in [2.45, 2.75) is 13.8 Å². The number of aromatic nitrogens is 1. The van der Waals surface area contributed by atoms with Crippen molar-refractivity contribution in [2.24, 2.45) is 0 Å². The van der Waals surface area contributed by atoms with Crippen molar-refractivity contribution >= 4 is 23.0 Å². The van der Waals surface area contributed by atoms with Crippen molar-refractivity contribution in [3.8, 4) is 17.8 Å². The molecule has 1 heterocycles. The molecule has 1 aromatic heterocycles. The minimum absolute atomic E-state index is 0.00272. The minimum Gasteiger partial charge on any atom is -0.267 e. The zero-order valence-electron chi connectivity index (χ0n) is 15.0. The average molecular weight is 393 g/mol. The monoisotopic (exact) mass is 393 g/mol. The summed E-state index contributed by atoms with van der Waals surface area (Å²) in [6.45, 7) is 3.81. The van der Waals surface area contributed by atoms with Crippen LogP contribution in [0.1, 0.15) is 16.7 Å². The van der Waals surface area contributed by atoms with Crippen LogP contribution in [0.4, 0.5) is 8.78 Å². The van der Waals surface area contributed by atoms with Gasteiger partial charge < -0.3 is 0 Å². The van der Waals surface area contributed by atoms with Crippen LogP contribution in [0.3, 0.4) is 0 Å². The van der Waals surface area contributed by atoms with Gasteiger partial charge in [0.2, 0.25) is 0 Å². The molecule has 0 saturated heterocycles. The molecule has 0 saturated carbocycles. The summed E-state index contributed by atoms with van der Waals surface area (Å²) in [7, 11) is 0. The molecular formula is C21H13F2N3OS. The van der Waals surface area contributed by atoms with E-state index in [1.807, 2.05) is 32.0 Å². The van der Waals surface area contributed by atoms with Crippen LogP contribution in [-0.4, -0.2) is 4.57 Å². The first-order valence-corrected chi connectivity index (χ1v) is 8.98. The molecule has 0 N–H and O–H groups in total. The lowest BCUT2D eigenvalue weighted by Crippen LogP contribution is -2.31. The Morgan fingerprint density at radius 2 is 1.82 bits per heavy atom. The summed E-state index contributed by atoms with van der Waals surface area (Å²) in [6, 6.07) is 12.0. The molecule has 2 aromatic carbocycles. The van der Waals surface area contributed by atoms with E-state index in [-0.39, 0.29) is 20.5 Å². The van der Waals surface area contributed by atoms with E-state index in [9.17, 15) is 24.1 Å². The molecule has 3 rings (SSSR count). The molecule has 0 atom stereocenters. The second-order valence-electron chi connectivity index (χ2n) is 6.11. The molecule has 0 aliphatic heterocycles. The van der Waals surface area contributed by atoms with Crippen LogP contribution < -0.4 is 14.8 Å². The van der Waals surface area contributed by atoms with E-state index in [4.69, 9.17) is 0 Å². The van der Waals surface area contributed by atoms with Crippen LogP contribution in [0.25, 0.3) is 17.3 Å². The zero-order valence-corrected chi connectivity index (χ0v) is 15.8. The quantitative estimate of drug-likeness (QED) is 0.672. The average Bonchev–Trinajstić information content (AvgIpc) is 2.96. The Labute approximate surface area is 163 Å². The predicted molar refractivity (Wildman–Crippen MR) is 103 cm³/mol. The Kier molecular flexibility index (Phi) is 5.21. The summed E-state index contributed by atoms with van der Waals surface area (Å²) < 4.78 is 28.8. The molecule has 28 heavy (non-hydrogen) atoms.